The Kier molecular flexibility index (Phi) is 6.38. The molecule has 8 nitrogen and oxygen atoms in total. The Balaban J connectivity index is 1.65. The lowest BCUT2D eigenvalue weighted by atomic mass is 10.1. The van der Waals surface area contributed by atoms with E-state index in [1.165, 1.54) is 36.4 Å². The molecule has 3 rings (SSSR count). The monoisotopic (exact) mass is 389 g/mol. The Bertz CT molecular complexity index is 838. The van der Waals surface area contributed by atoms with Crippen LogP contribution in [0.15, 0.2) is 42.5 Å². The zero-order chi connectivity index (χ0) is 19.9. The summed E-state index contributed by atoms with van der Waals surface area (Å²) in [5.41, 5.74) is 0.716. The summed E-state index contributed by atoms with van der Waals surface area (Å²) in [7, 11) is 0. The summed E-state index contributed by atoms with van der Waals surface area (Å²) in [6, 6.07) is 9.81. The van der Waals surface area contributed by atoms with Crippen LogP contribution in [0.3, 0.4) is 0 Å². The normalized spacial score (nSPS) is 13.8. The summed E-state index contributed by atoms with van der Waals surface area (Å²) >= 11 is 0. The van der Waals surface area contributed by atoms with Gasteiger partial charge in [0, 0.05) is 25.2 Å². The molecule has 0 radical (unpaired) electrons. The Morgan fingerprint density at radius 1 is 1.21 bits per heavy atom. The first kappa shape index (κ1) is 19.6. The number of benzene rings is 2. The van der Waals surface area contributed by atoms with Gasteiger partial charge in [0.25, 0.3) is 11.6 Å². The minimum Gasteiger partial charge on any atom is -0.492 e. The van der Waals surface area contributed by atoms with Crippen LogP contribution in [0.2, 0.25) is 0 Å². The second-order valence-electron chi connectivity index (χ2n) is 6.12. The maximum atomic E-state index is 12.9. The van der Waals surface area contributed by atoms with Gasteiger partial charge in [-0.05, 0) is 30.3 Å². The zero-order valence-corrected chi connectivity index (χ0v) is 15.1. The number of halogens is 1. The van der Waals surface area contributed by atoms with Gasteiger partial charge in [-0.2, -0.15) is 0 Å². The molecule has 0 spiro atoms. The van der Waals surface area contributed by atoms with Crippen LogP contribution >= 0.6 is 0 Å². The highest BCUT2D eigenvalue weighted by molar-refractivity contribution is 6.00. The summed E-state index contributed by atoms with van der Waals surface area (Å²) in [6.07, 6.45) is 0. The fraction of sp³-hybridized carbons (Fsp3) is 0.316. The molecular formula is C19H20FN3O5. The van der Waals surface area contributed by atoms with Crippen molar-refractivity contribution in [1.82, 2.24) is 5.32 Å². The van der Waals surface area contributed by atoms with Crippen LogP contribution in [0.1, 0.15) is 10.4 Å². The largest absolute Gasteiger partial charge is 0.492 e. The van der Waals surface area contributed by atoms with E-state index in [0.717, 1.165) is 0 Å². The number of non-ortho nitro benzene ring substituents is 1. The molecule has 1 aliphatic rings. The van der Waals surface area contributed by atoms with Gasteiger partial charge in [0.05, 0.1) is 35.9 Å². The Morgan fingerprint density at radius 2 is 1.93 bits per heavy atom. The standard InChI is InChI=1S/C19H20FN3O5/c20-14-1-4-16(5-2-14)28-10-7-21-19(24)17-13-15(23(25)26)3-6-18(17)22-8-11-27-12-9-22/h1-6,13H,7-12H2,(H,21,24). The molecule has 0 aromatic heterocycles. The Labute approximate surface area is 161 Å². The van der Waals surface area contributed by atoms with Crippen molar-refractivity contribution in [3.05, 3.63) is 64.0 Å². The van der Waals surface area contributed by atoms with Gasteiger partial charge < -0.3 is 19.7 Å². The number of anilines is 1. The van der Waals surface area contributed by atoms with Crippen LogP contribution in [0.4, 0.5) is 15.8 Å². The first-order valence-corrected chi connectivity index (χ1v) is 8.82. The van der Waals surface area contributed by atoms with Gasteiger partial charge in [0.2, 0.25) is 0 Å². The number of nitrogens with one attached hydrogen (secondary N) is 1. The summed E-state index contributed by atoms with van der Waals surface area (Å²) in [5, 5.41) is 13.8. The lowest BCUT2D eigenvalue weighted by molar-refractivity contribution is -0.384. The molecular weight excluding hydrogens is 369 g/mol. The molecule has 2 aromatic rings. The number of rotatable bonds is 7. The number of hydrogen-bond acceptors (Lipinski definition) is 6. The molecule has 0 atom stereocenters. The highest BCUT2D eigenvalue weighted by Gasteiger charge is 2.21. The molecule has 1 aliphatic heterocycles. The van der Waals surface area contributed by atoms with Crippen LogP contribution in [-0.4, -0.2) is 50.3 Å². The van der Waals surface area contributed by atoms with E-state index in [9.17, 15) is 19.3 Å². The summed E-state index contributed by atoms with van der Waals surface area (Å²) < 4.78 is 23.6. The highest BCUT2D eigenvalue weighted by atomic mass is 19.1. The van der Waals surface area contributed by atoms with Crippen LogP contribution in [0, 0.1) is 15.9 Å². The highest BCUT2D eigenvalue weighted by Crippen LogP contribution is 2.26. The fourth-order valence-corrected chi connectivity index (χ4v) is 2.86. The van der Waals surface area contributed by atoms with Crippen molar-refractivity contribution in [1.29, 1.82) is 0 Å². The molecule has 1 fully saturated rings. The van der Waals surface area contributed by atoms with Crippen LogP contribution in [0.5, 0.6) is 5.75 Å². The first-order chi connectivity index (χ1) is 13.5. The molecule has 1 saturated heterocycles. The maximum Gasteiger partial charge on any atom is 0.270 e. The van der Waals surface area contributed by atoms with Crippen molar-refractivity contribution >= 4 is 17.3 Å². The van der Waals surface area contributed by atoms with Crippen LogP contribution < -0.4 is 15.0 Å². The lowest BCUT2D eigenvalue weighted by Gasteiger charge is -2.30. The van der Waals surface area contributed by atoms with Gasteiger partial charge >= 0.3 is 0 Å². The zero-order valence-electron chi connectivity index (χ0n) is 15.1. The molecule has 1 N–H and O–H groups in total. The molecule has 28 heavy (non-hydrogen) atoms. The van der Waals surface area contributed by atoms with Crippen molar-refractivity contribution in [3.8, 4) is 5.75 Å². The topological polar surface area (TPSA) is 93.9 Å². The second kappa shape index (κ2) is 9.14. The van der Waals surface area contributed by atoms with Gasteiger partial charge in [-0.1, -0.05) is 0 Å². The number of carbonyl (C=O) groups is 1. The van der Waals surface area contributed by atoms with Gasteiger partial charge in [-0.15, -0.1) is 0 Å². The third-order valence-electron chi connectivity index (χ3n) is 4.26. The van der Waals surface area contributed by atoms with E-state index in [1.54, 1.807) is 6.07 Å². The van der Waals surface area contributed by atoms with E-state index in [1.807, 2.05) is 4.90 Å². The number of hydrogen-bond donors (Lipinski definition) is 1. The predicted octanol–water partition coefficient (Wildman–Crippen LogP) is 2.38. The number of nitro groups is 1. The molecule has 0 saturated carbocycles. The molecule has 9 heteroatoms. The molecule has 148 valence electrons. The number of amides is 1. The SMILES string of the molecule is O=C(NCCOc1ccc(F)cc1)c1cc([N+](=O)[O-])ccc1N1CCOCC1. The number of carbonyl (C=O) groups excluding carboxylic acids is 1. The van der Waals surface area contributed by atoms with Crippen LogP contribution in [0.25, 0.3) is 0 Å². The van der Waals surface area contributed by atoms with Gasteiger partial charge in [-0.25, -0.2) is 4.39 Å². The van der Waals surface area contributed by atoms with E-state index in [-0.39, 0.29) is 30.2 Å². The lowest BCUT2D eigenvalue weighted by Crippen LogP contribution is -2.38. The summed E-state index contributed by atoms with van der Waals surface area (Å²) in [6.45, 7) is 2.64. The number of ether oxygens (including phenoxy) is 2. The minimum atomic E-state index is -0.530. The van der Waals surface area contributed by atoms with Crippen molar-refractivity contribution < 1.29 is 23.6 Å². The molecule has 2 aromatic carbocycles. The second-order valence-corrected chi connectivity index (χ2v) is 6.12. The van der Waals surface area contributed by atoms with E-state index in [4.69, 9.17) is 9.47 Å². The minimum absolute atomic E-state index is 0.148. The molecule has 0 aliphatic carbocycles. The van der Waals surface area contributed by atoms with Gasteiger partial charge in [0.15, 0.2) is 0 Å². The third-order valence-corrected chi connectivity index (χ3v) is 4.26. The average Bonchev–Trinajstić information content (AvgIpc) is 2.72. The van der Waals surface area contributed by atoms with E-state index >= 15 is 0 Å². The Morgan fingerprint density at radius 3 is 2.61 bits per heavy atom. The molecule has 0 unspecified atom stereocenters. The smallest absolute Gasteiger partial charge is 0.270 e. The van der Waals surface area contributed by atoms with Gasteiger partial charge in [-0.3, -0.25) is 14.9 Å². The number of nitro benzene ring substituents is 1. The molecule has 0 bridgehead atoms. The quantitative estimate of drug-likeness (QED) is 0.444. The maximum absolute atomic E-state index is 12.9. The Hall–Kier alpha value is -3.20. The van der Waals surface area contributed by atoms with E-state index in [2.05, 4.69) is 5.32 Å². The van der Waals surface area contributed by atoms with Crippen molar-refractivity contribution in [3.63, 3.8) is 0 Å². The van der Waals surface area contributed by atoms with Gasteiger partial charge in [0.1, 0.15) is 18.2 Å². The first-order valence-electron chi connectivity index (χ1n) is 8.82. The van der Waals surface area contributed by atoms with Crippen molar-refractivity contribution in [2.75, 3.05) is 44.4 Å². The van der Waals surface area contributed by atoms with E-state index in [0.29, 0.717) is 37.7 Å². The molecule has 1 amide bonds. The average molecular weight is 389 g/mol. The fourth-order valence-electron chi connectivity index (χ4n) is 2.86. The summed E-state index contributed by atoms with van der Waals surface area (Å²) in [5.74, 6) is -0.296. The molecule has 1 heterocycles. The predicted molar refractivity (Wildman–Crippen MR) is 100 cm³/mol. The number of morpholine rings is 1. The van der Waals surface area contributed by atoms with Crippen molar-refractivity contribution in [2.24, 2.45) is 0 Å². The van der Waals surface area contributed by atoms with Crippen molar-refractivity contribution in [2.45, 2.75) is 0 Å². The third kappa shape index (κ3) is 4.95. The number of nitrogens with zero attached hydrogens (tertiary/aromatic N) is 2. The van der Waals surface area contributed by atoms with E-state index < -0.39 is 10.8 Å². The summed E-state index contributed by atoms with van der Waals surface area (Å²) in [4.78, 5) is 25.2. The van der Waals surface area contributed by atoms with Crippen LogP contribution in [-0.2, 0) is 4.74 Å².